The number of ether oxygens (including phenoxy) is 2. The number of thioether (sulfide) groups is 1. The van der Waals surface area contributed by atoms with Gasteiger partial charge in [0.1, 0.15) is 16.5 Å². The summed E-state index contributed by atoms with van der Waals surface area (Å²) in [5, 5.41) is 17.1. The number of carbonyl (C=O) groups excluding carboxylic acids is 1. The molecule has 0 atom stereocenters. The summed E-state index contributed by atoms with van der Waals surface area (Å²) in [5.74, 6) is 1.74. The third-order valence-electron chi connectivity index (χ3n) is 4.37. The van der Waals surface area contributed by atoms with Crippen molar-refractivity contribution in [3.63, 3.8) is 0 Å². The Morgan fingerprint density at radius 2 is 1.87 bits per heavy atom. The molecule has 0 saturated heterocycles. The molecule has 0 aliphatic carbocycles. The van der Waals surface area contributed by atoms with Crippen LogP contribution >= 0.6 is 23.4 Å². The second-order valence-electron chi connectivity index (χ2n) is 6.38. The summed E-state index contributed by atoms with van der Waals surface area (Å²) in [5.41, 5.74) is 1.99. The molecular weight excluding hydrogens is 438 g/mol. The molecule has 2 heterocycles. The zero-order valence-electron chi connectivity index (χ0n) is 16.7. The molecule has 0 unspecified atom stereocenters. The normalized spacial score (nSPS) is 10.8. The van der Waals surface area contributed by atoms with E-state index >= 15 is 0 Å². The van der Waals surface area contributed by atoms with E-state index in [1.165, 1.54) is 11.8 Å². The Labute approximate surface area is 187 Å². The first kappa shape index (κ1) is 21.0. The number of anilines is 1. The molecule has 2 aromatic carbocycles. The first-order chi connectivity index (χ1) is 15.1. The molecule has 31 heavy (non-hydrogen) atoms. The summed E-state index contributed by atoms with van der Waals surface area (Å²) in [6, 6.07) is 16.1. The van der Waals surface area contributed by atoms with Gasteiger partial charge in [0.2, 0.25) is 5.91 Å². The average Bonchev–Trinajstić information content (AvgIpc) is 3.21. The first-order valence-corrected chi connectivity index (χ1v) is 10.6. The maximum Gasteiger partial charge on any atom is 0.234 e. The van der Waals surface area contributed by atoms with Gasteiger partial charge in [-0.3, -0.25) is 4.79 Å². The van der Waals surface area contributed by atoms with E-state index in [0.29, 0.717) is 38.7 Å². The predicted molar refractivity (Wildman–Crippen MR) is 120 cm³/mol. The Morgan fingerprint density at radius 3 is 2.61 bits per heavy atom. The van der Waals surface area contributed by atoms with Crippen LogP contribution in [0.4, 0.5) is 5.69 Å². The Morgan fingerprint density at radius 1 is 1.06 bits per heavy atom. The number of nitrogens with zero attached hydrogens (tertiary/aromatic N) is 4. The van der Waals surface area contributed by atoms with E-state index in [2.05, 4.69) is 20.6 Å². The molecule has 0 bridgehead atoms. The summed E-state index contributed by atoms with van der Waals surface area (Å²) >= 11 is 7.27. The van der Waals surface area contributed by atoms with Gasteiger partial charge in [-0.1, -0.05) is 23.4 Å². The highest BCUT2D eigenvalue weighted by molar-refractivity contribution is 7.99. The van der Waals surface area contributed by atoms with Gasteiger partial charge in [0.15, 0.2) is 11.5 Å². The minimum Gasteiger partial charge on any atom is -0.497 e. The maximum absolute atomic E-state index is 12.5. The first-order valence-electron chi connectivity index (χ1n) is 9.20. The van der Waals surface area contributed by atoms with Gasteiger partial charge in [-0.25, -0.2) is 0 Å². The number of methoxy groups -OCH3 is 2. The molecule has 2 aromatic heterocycles. The SMILES string of the molecule is COc1ccc(OC)c(NC(=O)CSc2ccc3nnc(-c4ccc(Cl)cc4)n3n2)c1. The highest BCUT2D eigenvalue weighted by Crippen LogP contribution is 2.29. The van der Waals surface area contributed by atoms with E-state index in [-0.39, 0.29) is 11.7 Å². The van der Waals surface area contributed by atoms with Crippen LogP contribution in [0, 0.1) is 0 Å². The van der Waals surface area contributed by atoms with Crippen LogP contribution in [0.5, 0.6) is 11.5 Å². The monoisotopic (exact) mass is 455 g/mol. The van der Waals surface area contributed by atoms with Crippen molar-refractivity contribution >= 4 is 40.6 Å². The fraction of sp³-hybridized carbons (Fsp3) is 0.143. The number of carbonyl (C=O) groups is 1. The lowest BCUT2D eigenvalue weighted by molar-refractivity contribution is -0.113. The lowest BCUT2D eigenvalue weighted by Gasteiger charge is -2.11. The standard InChI is InChI=1S/C21H18ClN5O3S/c1-29-15-7-8-17(30-2)16(11-15)23-19(28)12-31-20-10-9-18-24-25-21(27(18)26-20)13-3-5-14(22)6-4-13/h3-11H,12H2,1-2H3,(H,23,28). The van der Waals surface area contributed by atoms with Crippen molar-refractivity contribution in [1.82, 2.24) is 19.8 Å². The molecular formula is C21H18ClN5O3S. The van der Waals surface area contributed by atoms with Gasteiger partial charge in [0.05, 0.1) is 25.7 Å². The number of halogens is 1. The highest BCUT2D eigenvalue weighted by atomic mass is 35.5. The minimum absolute atomic E-state index is 0.164. The molecule has 10 heteroatoms. The smallest absolute Gasteiger partial charge is 0.234 e. The summed E-state index contributed by atoms with van der Waals surface area (Å²) in [6.07, 6.45) is 0. The van der Waals surface area contributed by atoms with Gasteiger partial charge in [-0.05, 0) is 48.5 Å². The molecule has 0 aliphatic rings. The molecule has 0 fully saturated rings. The van der Waals surface area contributed by atoms with Crippen molar-refractivity contribution in [2.24, 2.45) is 0 Å². The molecule has 0 spiro atoms. The van der Waals surface area contributed by atoms with E-state index in [9.17, 15) is 4.79 Å². The number of amides is 1. The minimum atomic E-state index is -0.194. The van der Waals surface area contributed by atoms with Crippen LogP contribution in [0.2, 0.25) is 5.02 Å². The average molecular weight is 456 g/mol. The number of hydrogen-bond donors (Lipinski definition) is 1. The number of nitrogens with one attached hydrogen (secondary N) is 1. The van der Waals surface area contributed by atoms with Gasteiger partial charge in [0, 0.05) is 16.7 Å². The van der Waals surface area contributed by atoms with Crippen LogP contribution in [-0.4, -0.2) is 45.7 Å². The molecule has 1 amide bonds. The maximum atomic E-state index is 12.5. The lowest BCUT2D eigenvalue weighted by Crippen LogP contribution is -2.15. The van der Waals surface area contributed by atoms with Gasteiger partial charge >= 0.3 is 0 Å². The van der Waals surface area contributed by atoms with E-state index in [0.717, 1.165) is 5.56 Å². The molecule has 0 aliphatic heterocycles. The quantitative estimate of drug-likeness (QED) is 0.418. The molecule has 158 valence electrons. The van der Waals surface area contributed by atoms with Gasteiger partial charge in [-0.15, -0.1) is 10.2 Å². The number of rotatable bonds is 7. The van der Waals surface area contributed by atoms with E-state index in [1.807, 2.05) is 18.2 Å². The van der Waals surface area contributed by atoms with Crippen molar-refractivity contribution in [3.8, 4) is 22.9 Å². The molecule has 0 radical (unpaired) electrons. The second-order valence-corrected chi connectivity index (χ2v) is 7.81. The van der Waals surface area contributed by atoms with Crippen LogP contribution in [0.1, 0.15) is 0 Å². The second kappa shape index (κ2) is 9.23. The van der Waals surface area contributed by atoms with Gasteiger partial charge in [0.25, 0.3) is 0 Å². The number of benzene rings is 2. The van der Waals surface area contributed by atoms with Crippen LogP contribution in [0.15, 0.2) is 59.6 Å². The molecule has 0 saturated carbocycles. The molecule has 1 N–H and O–H groups in total. The molecule has 4 rings (SSSR count). The third-order valence-corrected chi connectivity index (χ3v) is 5.54. The fourth-order valence-electron chi connectivity index (χ4n) is 2.87. The van der Waals surface area contributed by atoms with Crippen molar-refractivity contribution in [3.05, 3.63) is 59.6 Å². The van der Waals surface area contributed by atoms with E-state index in [1.54, 1.807) is 55.1 Å². The summed E-state index contributed by atoms with van der Waals surface area (Å²) in [7, 11) is 3.11. The highest BCUT2D eigenvalue weighted by Gasteiger charge is 2.13. The number of fused-ring (bicyclic) bond motifs is 1. The van der Waals surface area contributed by atoms with Gasteiger partial charge in [-0.2, -0.15) is 9.61 Å². The van der Waals surface area contributed by atoms with E-state index in [4.69, 9.17) is 21.1 Å². The summed E-state index contributed by atoms with van der Waals surface area (Å²) in [6.45, 7) is 0. The zero-order valence-corrected chi connectivity index (χ0v) is 18.3. The van der Waals surface area contributed by atoms with Gasteiger partial charge < -0.3 is 14.8 Å². The topological polar surface area (TPSA) is 90.6 Å². The largest absolute Gasteiger partial charge is 0.497 e. The predicted octanol–water partition coefficient (Wildman–Crippen LogP) is 4.19. The third kappa shape index (κ3) is 4.73. The Balaban J connectivity index is 1.48. The van der Waals surface area contributed by atoms with Crippen LogP contribution in [0.3, 0.4) is 0 Å². The van der Waals surface area contributed by atoms with Crippen molar-refractivity contribution in [2.45, 2.75) is 5.03 Å². The van der Waals surface area contributed by atoms with Crippen molar-refractivity contribution < 1.29 is 14.3 Å². The van der Waals surface area contributed by atoms with Crippen molar-refractivity contribution in [1.29, 1.82) is 0 Å². The van der Waals surface area contributed by atoms with Crippen LogP contribution in [0.25, 0.3) is 17.0 Å². The van der Waals surface area contributed by atoms with Crippen LogP contribution < -0.4 is 14.8 Å². The number of aromatic nitrogens is 4. The Kier molecular flexibility index (Phi) is 6.24. The summed E-state index contributed by atoms with van der Waals surface area (Å²) in [4.78, 5) is 12.5. The summed E-state index contributed by atoms with van der Waals surface area (Å²) < 4.78 is 12.2. The van der Waals surface area contributed by atoms with Crippen molar-refractivity contribution in [2.75, 3.05) is 25.3 Å². The Bertz CT molecular complexity index is 1230. The lowest BCUT2D eigenvalue weighted by atomic mass is 10.2. The van der Waals surface area contributed by atoms with Crippen LogP contribution in [-0.2, 0) is 4.79 Å². The molecule has 4 aromatic rings. The Hall–Kier alpha value is -3.30. The fourth-order valence-corrected chi connectivity index (χ4v) is 3.65. The molecule has 8 nitrogen and oxygen atoms in total. The number of hydrogen-bond acceptors (Lipinski definition) is 7. The zero-order chi connectivity index (χ0) is 21.8. The van der Waals surface area contributed by atoms with E-state index < -0.39 is 0 Å².